The van der Waals surface area contributed by atoms with Crippen molar-refractivity contribution in [3.05, 3.63) is 0 Å². The molecule has 1 heterocycles. The van der Waals surface area contributed by atoms with Gasteiger partial charge in [-0.2, -0.15) is 0 Å². The van der Waals surface area contributed by atoms with Gasteiger partial charge in [0.05, 0.1) is 5.92 Å². The largest absolute Gasteiger partial charge is 0.481 e. The predicted molar refractivity (Wildman–Crippen MR) is 67.2 cm³/mol. The third-order valence-corrected chi connectivity index (χ3v) is 4.06. The Morgan fingerprint density at radius 3 is 2.72 bits per heavy atom. The summed E-state index contributed by atoms with van der Waals surface area (Å²) in [4.78, 5) is 24.5. The molecular formula is C13H22N2O3. The molecule has 2 aliphatic rings. The monoisotopic (exact) mass is 254 g/mol. The van der Waals surface area contributed by atoms with Crippen LogP contribution in [0.2, 0.25) is 0 Å². The second-order valence-corrected chi connectivity index (χ2v) is 5.62. The summed E-state index contributed by atoms with van der Waals surface area (Å²) in [7, 11) is 0. The molecule has 2 fully saturated rings. The summed E-state index contributed by atoms with van der Waals surface area (Å²) in [6.07, 6.45) is 4.02. The van der Waals surface area contributed by atoms with E-state index in [1.807, 2.05) is 0 Å². The molecular weight excluding hydrogens is 232 g/mol. The number of carbonyl (C=O) groups excluding carboxylic acids is 1. The Balaban J connectivity index is 1.75. The molecule has 2 atom stereocenters. The summed E-state index contributed by atoms with van der Waals surface area (Å²) < 4.78 is 0. The van der Waals surface area contributed by atoms with Crippen LogP contribution in [0.4, 0.5) is 4.79 Å². The fourth-order valence-electron chi connectivity index (χ4n) is 2.56. The molecule has 102 valence electrons. The molecule has 0 aromatic carbocycles. The lowest BCUT2D eigenvalue weighted by Gasteiger charge is -2.31. The van der Waals surface area contributed by atoms with Crippen molar-refractivity contribution >= 4 is 12.0 Å². The lowest BCUT2D eigenvalue weighted by atomic mass is 9.99. The minimum Gasteiger partial charge on any atom is -0.481 e. The molecule has 1 unspecified atom stereocenters. The molecule has 0 spiro atoms. The van der Waals surface area contributed by atoms with Gasteiger partial charge in [-0.3, -0.25) is 4.79 Å². The molecule has 5 nitrogen and oxygen atoms in total. The maximum absolute atomic E-state index is 11.9. The van der Waals surface area contributed by atoms with Gasteiger partial charge in [0.2, 0.25) is 0 Å². The lowest BCUT2D eigenvalue weighted by molar-refractivity contribution is -0.143. The summed E-state index contributed by atoms with van der Waals surface area (Å²) in [5.41, 5.74) is 0. The number of likely N-dealkylation sites (tertiary alicyclic amines) is 1. The van der Waals surface area contributed by atoms with Crippen LogP contribution in [0.15, 0.2) is 0 Å². The second kappa shape index (κ2) is 5.59. The predicted octanol–water partition coefficient (Wildman–Crippen LogP) is 1.54. The maximum atomic E-state index is 11.9. The molecule has 1 saturated carbocycles. The maximum Gasteiger partial charge on any atom is 0.317 e. The molecule has 1 aliphatic carbocycles. The number of amides is 2. The van der Waals surface area contributed by atoms with Gasteiger partial charge in [0, 0.05) is 19.6 Å². The first-order valence-corrected chi connectivity index (χ1v) is 6.83. The molecule has 1 aliphatic heterocycles. The Labute approximate surface area is 108 Å². The molecule has 2 rings (SSSR count). The van der Waals surface area contributed by atoms with Crippen molar-refractivity contribution in [1.29, 1.82) is 0 Å². The minimum atomic E-state index is -0.793. The average Bonchev–Trinajstić information content (AvgIpc) is 3.20. The Morgan fingerprint density at radius 2 is 2.11 bits per heavy atom. The van der Waals surface area contributed by atoms with Crippen LogP contribution in [0.25, 0.3) is 0 Å². The van der Waals surface area contributed by atoms with Gasteiger partial charge < -0.3 is 15.3 Å². The second-order valence-electron chi connectivity index (χ2n) is 5.62. The van der Waals surface area contributed by atoms with Gasteiger partial charge in [-0.1, -0.05) is 6.92 Å². The van der Waals surface area contributed by atoms with E-state index < -0.39 is 11.9 Å². The summed E-state index contributed by atoms with van der Waals surface area (Å²) in [6, 6.07) is -0.103. The fraction of sp³-hybridized carbons (Fsp3) is 0.846. The Kier molecular flexibility index (Phi) is 4.09. The quantitative estimate of drug-likeness (QED) is 0.799. The Morgan fingerprint density at radius 1 is 1.39 bits per heavy atom. The highest BCUT2D eigenvalue weighted by molar-refractivity contribution is 5.76. The van der Waals surface area contributed by atoms with Crippen molar-refractivity contribution in [3.63, 3.8) is 0 Å². The van der Waals surface area contributed by atoms with Gasteiger partial charge in [-0.25, -0.2) is 4.79 Å². The topological polar surface area (TPSA) is 69.6 Å². The number of urea groups is 1. The zero-order valence-electron chi connectivity index (χ0n) is 10.9. The van der Waals surface area contributed by atoms with E-state index in [1.54, 1.807) is 4.90 Å². The number of hydrogen-bond acceptors (Lipinski definition) is 2. The first-order valence-electron chi connectivity index (χ1n) is 6.83. The molecule has 0 bridgehead atoms. The van der Waals surface area contributed by atoms with E-state index in [-0.39, 0.29) is 6.03 Å². The van der Waals surface area contributed by atoms with Gasteiger partial charge in [-0.15, -0.1) is 0 Å². The summed E-state index contributed by atoms with van der Waals surface area (Å²) in [5, 5.41) is 11.9. The number of piperidine rings is 1. The van der Waals surface area contributed by atoms with Gasteiger partial charge in [0.15, 0.2) is 0 Å². The highest BCUT2D eigenvalue weighted by Crippen LogP contribution is 2.36. The van der Waals surface area contributed by atoms with Crippen LogP contribution in [-0.2, 0) is 4.79 Å². The van der Waals surface area contributed by atoms with E-state index in [9.17, 15) is 9.59 Å². The standard InChI is InChI=1S/C13H22N2O3/c1-9(10-4-5-10)7-14-13(18)15-6-2-3-11(8-15)12(16)17/h9-11H,2-8H2,1H3,(H,14,18)(H,16,17)/t9?,11-/m0/s1. The summed E-state index contributed by atoms with van der Waals surface area (Å²) in [6.45, 7) is 3.89. The number of carbonyl (C=O) groups is 2. The van der Waals surface area contributed by atoms with Crippen LogP contribution in [0, 0.1) is 17.8 Å². The van der Waals surface area contributed by atoms with E-state index in [1.165, 1.54) is 12.8 Å². The molecule has 18 heavy (non-hydrogen) atoms. The molecule has 0 aromatic rings. The molecule has 0 aromatic heterocycles. The lowest BCUT2D eigenvalue weighted by Crippen LogP contribution is -2.47. The van der Waals surface area contributed by atoms with Crippen LogP contribution < -0.4 is 5.32 Å². The number of carboxylic acid groups (broad SMARTS) is 1. The van der Waals surface area contributed by atoms with Crippen LogP contribution in [-0.4, -0.2) is 41.6 Å². The first kappa shape index (κ1) is 13.2. The highest BCUT2D eigenvalue weighted by atomic mass is 16.4. The SMILES string of the molecule is CC(CNC(=O)N1CCC[C@H](C(=O)O)C1)C1CC1. The molecule has 0 radical (unpaired) electrons. The Bertz CT molecular complexity index is 328. The third kappa shape index (κ3) is 3.37. The van der Waals surface area contributed by atoms with E-state index in [2.05, 4.69) is 12.2 Å². The summed E-state index contributed by atoms with van der Waals surface area (Å²) in [5.74, 6) is 0.122. The molecule has 2 N–H and O–H groups in total. The van der Waals surface area contributed by atoms with Gasteiger partial charge in [0.25, 0.3) is 0 Å². The van der Waals surface area contributed by atoms with Gasteiger partial charge in [-0.05, 0) is 37.5 Å². The number of rotatable bonds is 4. The highest BCUT2D eigenvalue weighted by Gasteiger charge is 2.30. The summed E-state index contributed by atoms with van der Waals surface area (Å²) >= 11 is 0. The van der Waals surface area contributed by atoms with Crippen LogP contribution >= 0.6 is 0 Å². The zero-order chi connectivity index (χ0) is 13.1. The normalized spacial score (nSPS) is 25.6. The van der Waals surface area contributed by atoms with Crippen molar-refractivity contribution in [2.45, 2.75) is 32.6 Å². The number of aliphatic carboxylic acids is 1. The molecule has 1 saturated heterocycles. The molecule has 2 amide bonds. The third-order valence-electron chi connectivity index (χ3n) is 4.06. The van der Waals surface area contributed by atoms with Crippen LogP contribution in [0.5, 0.6) is 0 Å². The Hall–Kier alpha value is -1.26. The van der Waals surface area contributed by atoms with Crippen molar-refractivity contribution in [2.24, 2.45) is 17.8 Å². The molecule has 5 heteroatoms. The smallest absolute Gasteiger partial charge is 0.317 e. The number of nitrogens with zero attached hydrogens (tertiary/aromatic N) is 1. The van der Waals surface area contributed by atoms with Crippen LogP contribution in [0.3, 0.4) is 0 Å². The van der Waals surface area contributed by atoms with Crippen molar-refractivity contribution in [1.82, 2.24) is 10.2 Å². The van der Waals surface area contributed by atoms with E-state index >= 15 is 0 Å². The number of nitrogens with one attached hydrogen (secondary N) is 1. The average molecular weight is 254 g/mol. The minimum absolute atomic E-state index is 0.103. The van der Waals surface area contributed by atoms with E-state index in [0.717, 1.165) is 12.3 Å². The number of carboxylic acids is 1. The van der Waals surface area contributed by atoms with Crippen molar-refractivity contribution in [2.75, 3.05) is 19.6 Å². The van der Waals surface area contributed by atoms with E-state index in [4.69, 9.17) is 5.11 Å². The van der Waals surface area contributed by atoms with Gasteiger partial charge in [0.1, 0.15) is 0 Å². The zero-order valence-corrected chi connectivity index (χ0v) is 10.9. The first-order chi connectivity index (χ1) is 8.58. The van der Waals surface area contributed by atoms with Crippen molar-refractivity contribution < 1.29 is 14.7 Å². The van der Waals surface area contributed by atoms with Crippen molar-refractivity contribution in [3.8, 4) is 0 Å². The van der Waals surface area contributed by atoms with Gasteiger partial charge >= 0.3 is 12.0 Å². The number of hydrogen-bond donors (Lipinski definition) is 2. The van der Waals surface area contributed by atoms with E-state index in [0.29, 0.717) is 32.0 Å². The van der Waals surface area contributed by atoms with Crippen LogP contribution in [0.1, 0.15) is 32.6 Å². The fourth-order valence-corrected chi connectivity index (χ4v) is 2.56.